The fourth-order valence-electron chi connectivity index (χ4n) is 3.98. The van der Waals surface area contributed by atoms with Crippen LogP contribution < -0.4 is 9.47 Å². The molecule has 3 aromatic rings. The molecule has 0 saturated heterocycles. The summed E-state index contributed by atoms with van der Waals surface area (Å²) in [5, 5.41) is 0.729. The fraction of sp³-hybridized carbons (Fsp3) is 0.160. The number of hydrogen-bond acceptors (Lipinski definition) is 4. The van der Waals surface area contributed by atoms with Crippen LogP contribution in [0, 0.1) is 6.92 Å². The van der Waals surface area contributed by atoms with Crippen molar-refractivity contribution in [2.24, 2.45) is 0 Å². The second-order valence-electron chi connectivity index (χ2n) is 7.69. The first-order valence-corrected chi connectivity index (χ1v) is 11.1. The molecule has 2 aliphatic heterocycles. The molecule has 6 heteroatoms. The minimum atomic E-state index is -0.103. The maximum atomic E-state index is 13.2. The number of fused-ring (bicyclic) bond motifs is 3. The van der Waals surface area contributed by atoms with Crippen molar-refractivity contribution in [2.45, 2.75) is 20.0 Å². The van der Waals surface area contributed by atoms with Crippen LogP contribution in [-0.4, -0.2) is 17.4 Å². The Bertz CT molecular complexity index is 1240. The summed E-state index contributed by atoms with van der Waals surface area (Å²) in [6.07, 6.45) is 1.78. The molecule has 0 fully saturated rings. The number of Topliss-reactive ketones (excluding diaryl/α,β-unsaturated/α-hetero) is 1. The second kappa shape index (κ2) is 8.15. The maximum absolute atomic E-state index is 13.2. The number of carbonyl (C=O) groups is 1. The van der Waals surface area contributed by atoms with E-state index >= 15 is 0 Å². The zero-order valence-electron chi connectivity index (χ0n) is 16.8. The largest absolute Gasteiger partial charge is 0.478 e. The summed E-state index contributed by atoms with van der Waals surface area (Å²) in [7, 11) is 0. The van der Waals surface area contributed by atoms with Gasteiger partial charge in [0.15, 0.2) is 5.76 Å². The number of carbonyl (C=O) groups excluding carboxylic acids is 1. The Morgan fingerprint density at radius 2 is 1.94 bits per heavy atom. The summed E-state index contributed by atoms with van der Waals surface area (Å²) < 4.78 is 13.1. The van der Waals surface area contributed by atoms with Gasteiger partial charge in [-0.15, -0.1) is 0 Å². The highest BCUT2D eigenvalue weighted by molar-refractivity contribution is 9.10. The number of halogens is 2. The summed E-state index contributed by atoms with van der Waals surface area (Å²) in [5.41, 5.74) is 4.28. The van der Waals surface area contributed by atoms with E-state index in [-0.39, 0.29) is 5.78 Å². The molecule has 2 heterocycles. The van der Waals surface area contributed by atoms with Gasteiger partial charge in [-0.1, -0.05) is 63.9 Å². The van der Waals surface area contributed by atoms with E-state index in [9.17, 15) is 4.79 Å². The van der Waals surface area contributed by atoms with E-state index in [2.05, 4.69) is 20.8 Å². The number of allylic oxidation sites excluding steroid dienone is 1. The summed E-state index contributed by atoms with van der Waals surface area (Å²) in [6, 6.07) is 17.5. The molecule has 0 spiro atoms. The molecular weight excluding hydrogens is 478 g/mol. The smallest absolute Gasteiger partial charge is 0.232 e. The molecule has 0 amide bonds. The molecule has 2 aliphatic rings. The van der Waals surface area contributed by atoms with Crippen molar-refractivity contribution in [3.05, 3.63) is 97.7 Å². The first kappa shape index (κ1) is 20.3. The number of ether oxygens (including phenoxy) is 2. The molecule has 0 aliphatic carbocycles. The van der Waals surface area contributed by atoms with E-state index in [0.717, 1.165) is 37.5 Å². The normalized spacial score (nSPS) is 16.6. The SMILES string of the molecule is Cc1cc2c(c3c1C(=O)/C(=C/c1ccccc1Br)O3)CN(Cc1ccccc1Cl)CO2. The molecule has 0 unspecified atom stereocenters. The van der Waals surface area contributed by atoms with E-state index in [1.54, 1.807) is 6.08 Å². The molecular formula is C25H19BrClNO3. The Kier molecular flexibility index (Phi) is 5.34. The van der Waals surface area contributed by atoms with Crippen LogP contribution in [0.4, 0.5) is 0 Å². The van der Waals surface area contributed by atoms with Gasteiger partial charge >= 0.3 is 0 Å². The van der Waals surface area contributed by atoms with Crippen LogP contribution in [0.15, 0.2) is 64.8 Å². The van der Waals surface area contributed by atoms with E-state index in [4.69, 9.17) is 21.1 Å². The lowest BCUT2D eigenvalue weighted by Crippen LogP contribution is -2.32. The number of aryl methyl sites for hydroxylation is 1. The highest BCUT2D eigenvalue weighted by Crippen LogP contribution is 2.44. The molecule has 0 aromatic heterocycles. The minimum Gasteiger partial charge on any atom is -0.478 e. The molecule has 0 bridgehead atoms. The van der Waals surface area contributed by atoms with Crippen molar-refractivity contribution in [1.82, 2.24) is 4.90 Å². The topological polar surface area (TPSA) is 38.8 Å². The molecule has 5 rings (SSSR count). The molecule has 0 N–H and O–H groups in total. The van der Waals surface area contributed by atoms with Crippen molar-refractivity contribution < 1.29 is 14.3 Å². The molecule has 156 valence electrons. The third-order valence-corrected chi connectivity index (χ3v) is 6.62. The summed E-state index contributed by atoms with van der Waals surface area (Å²) in [5.74, 6) is 1.58. The Labute approximate surface area is 194 Å². The van der Waals surface area contributed by atoms with Crippen LogP contribution in [-0.2, 0) is 13.1 Å². The lowest BCUT2D eigenvalue weighted by atomic mass is 9.98. The second-order valence-corrected chi connectivity index (χ2v) is 8.95. The van der Waals surface area contributed by atoms with Gasteiger partial charge in [-0.25, -0.2) is 0 Å². The molecule has 3 aromatic carbocycles. The number of hydrogen-bond donors (Lipinski definition) is 0. The quantitative estimate of drug-likeness (QED) is 0.395. The van der Waals surface area contributed by atoms with Crippen LogP contribution in [0.1, 0.15) is 32.6 Å². The van der Waals surface area contributed by atoms with E-state index in [1.807, 2.05) is 61.5 Å². The monoisotopic (exact) mass is 495 g/mol. The lowest BCUT2D eigenvalue weighted by Gasteiger charge is -2.30. The van der Waals surface area contributed by atoms with Crippen molar-refractivity contribution in [3.8, 4) is 11.5 Å². The first-order valence-electron chi connectivity index (χ1n) is 9.95. The van der Waals surface area contributed by atoms with Crippen LogP contribution in [0.25, 0.3) is 6.08 Å². The number of ketones is 1. The zero-order chi connectivity index (χ0) is 21.5. The van der Waals surface area contributed by atoms with Gasteiger partial charge in [-0.05, 0) is 47.9 Å². The van der Waals surface area contributed by atoms with Crippen LogP contribution >= 0.6 is 27.5 Å². The molecule has 0 saturated carbocycles. The molecule has 4 nitrogen and oxygen atoms in total. The Hall–Kier alpha value is -2.60. The number of benzene rings is 3. The predicted molar refractivity (Wildman–Crippen MR) is 124 cm³/mol. The van der Waals surface area contributed by atoms with Crippen LogP contribution in [0.5, 0.6) is 11.5 Å². The highest BCUT2D eigenvalue weighted by Gasteiger charge is 2.35. The number of nitrogens with zero attached hydrogens (tertiary/aromatic N) is 1. The van der Waals surface area contributed by atoms with Gasteiger partial charge in [0.2, 0.25) is 5.78 Å². The van der Waals surface area contributed by atoms with Crippen molar-refractivity contribution in [2.75, 3.05) is 6.73 Å². The Balaban J connectivity index is 1.49. The highest BCUT2D eigenvalue weighted by atomic mass is 79.9. The van der Waals surface area contributed by atoms with Gasteiger partial charge in [0.1, 0.15) is 18.2 Å². The Morgan fingerprint density at radius 3 is 2.74 bits per heavy atom. The van der Waals surface area contributed by atoms with Crippen LogP contribution in [0.3, 0.4) is 0 Å². The summed E-state index contributed by atoms with van der Waals surface area (Å²) in [4.78, 5) is 15.3. The lowest BCUT2D eigenvalue weighted by molar-refractivity contribution is 0.0872. The van der Waals surface area contributed by atoms with E-state index < -0.39 is 0 Å². The van der Waals surface area contributed by atoms with Gasteiger partial charge < -0.3 is 9.47 Å². The summed E-state index contributed by atoms with van der Waals surface area (Å²) >= 11 is 9.87. The molecule has 0 radical (unpaired) electrons. The minimum absolute atomic E-state index is 0.103. The van der Waals surface area contributed by atoms with Gasteiger partial charge in [0.25, 0.3) is 0 Å². The predicted octanol–water partition coefficient (Wildman–Crippen LogP) is 6.38. The average Bonchev–Trinajstić information content (AvgIpc) is 3.09. The van der Waals surface area contributed by atoms with Gasteiger partial charge in [-0.2, -0.15) is 0 Å². The average molecular weight is 497 g/mol. The van der Waals surface area contributed by atoms with E-state index in [0.29, 0.717) is 36.9 Å². The third-order valence-electron chi connectivity index (χ3n) is 5.53. The summed E-state index contributed by atoms with van der Waals surface area (Å²) in [6.45, 7) is 3.62. The number of rotatable bonds is 3. The first-order chi connectivity index (χ1) is 15.0. The van der Waals surface area contributed by atoms with Crippen molar-refractivity contribution in [1.29, 1.82) is 0 Å². The van der Waals surface area contributed by atoms with Crippen molar-refractivity contribution in [3.63, 3.8) is 0 Å². The van der Waals surface area contributed by atoms with E-state index in [1.165, 1.54) is 0 Å². The maximum Gasteiger partial charge on any atom is 0.232 e. The Morgan fingerprint density at radius 1 is 1.16 bits per heavy atom. The van der Waals surface area contributed by atoms with Gasteiger partial charge in [0, 0.05) is 22.6 Å². The molecule has 31 heavy (non-hydrogen) atoms. The van der Waals surface area contributed by atoms with Gasteiger partial charge in [0.05, 0.1) is 11.1 Å². The molecule has 0 atom stereocenters. The standard InChI is InChI=1S/C25H19BrClNO3/c1-15-10-21-18(13-28(14-30-21)12-17-7-3-5-9-20(17)27)25-23(15)24(29)22(31-25)11-16-6-2-4-8-19(16)26/h2-11H,12-14H2,1H3/b22-11-. The zero-order valence-corrected chi connectivity index (χ0v) is 19.2. The third kappa shape index (κ3) is 3.78. The van der Waals surface area contributed by atoms with Crippen LogP contribution in [0.2, 0.25) is 5.02 Å². The van der Waals surface area contributed by atoms with Gasteiger partial charge in [-0.3, -0.25) is 9.69 Å². The fourth-order valence-corrected chi connectivity index (χ4v) is 4.57. The van der Waals surface area contributed by atoms with Crippen molar-refractivity contribution >= 4 is 39.4 Å².